The van der Waals surface area contributed by atoms with Gasteiger partial charge in [0.25, 0.3) is 5.69 Å². The molecule has 0 amide bonds. The average molecular weight is 400 g/mol. The number of benzene rings is 1. The molecule has 1 aliphatic carbocycles. The minimum atomic E-state index is -3.77. The third kappa shape index (κ3) is 6.75. The van der Waals surface area contributed by atoms with Crippen molar-refractivity contribution in [1.82, 2.24) is 4.72 Å². The van der Waals surface area contributed by atoms with Crippen molar-refractivity contribution in [2.75, 3.05) is 32.5 Å². The number of sulfonamides is 1. The molecule has 1 aliphatic rings. The maximum absolute atomic E-state index is 12.4. The van der Waals surface area contributed by atoms with Gasteiger partial charge in [-0.25, -0.2) is 13.1 Å². The Hall–Kier alpha value is -1.71. The Labute approximate surface area is 161 Å². The summed E-state index contributed by atoms with van der Waals surface area (Å²) >= 11 is 0. The molecule has 0 aliphatic heterocycles. The largest absolute Gasteiger partial charge is 0.377 e. The highest BCUT2D eigenvalue weighted by Crippen LogP contribution is 2.30. The first kappa shape index (κ1) is 21.6. The fourth-order valence-electron chi connectivity index (χ4n) is 3.29. The minimum absolute atomic E-state index is 0.0776. The molecular weight excluding hydrogens is 368 g/mol. The van der Waals surface area contributed by atoms with Crippen molar-refractivity contribution in [2.24, 2.45) is 0 Å². The average Bonchev–Trinajstić information content (AvgIpc) is 2.56. The molecule has 0 saturated heterocycles. The Morgan fingerprint density at radius 1 is 1.15 bits per heavy atom. The Balaban J connectivity index is 2.16. The van der Waals surface area contributed by atoms with Gasteiger partial charge in [0.15, 0.2) is 0 Å². The second-order valence-corrected chi connectivity index (χ2v) is 9.24. The number of hydrogen-bond donors (Lipinski definition) is 3. The number of rotatable bonds is 8. The van der Waals surface area contributed by atoms with Crippen LogP contribution >= 0.6 is 0 Å². The van der Waals surface area contributed by atoms with E-state index < -0.39 is 14.9 Å². The topological polar surface area (TPSA) is 106 Å². The third-order valence-corrected chi connectivity index (χ3v) is 6.32. The highest BCUT2D eigenvalue weighted by Gasteiger charge is 2.23. The molecule has 1 saturated carbocycles. The molecule has 2 rings (SSSR count). The quantitative estimate of drug-likeness (QED) is 0.454. The lowest BCUT2D eigenvalue weighted by Gasteiger charge is -2.22. The van der Waals surface area contributed by atoms with Gasteiger partial charge in [-0.3, -0.25) is 10.1 Å². The molecule has 1 aromatic rings. The summed E-state index contributed by atoms with van der Waals surface area (Å²) in [5.74, 6) is 0. The van der Waals surface area contributed by atoms with Crippen LogP contribution < -0.4 is 14.9 Å². The van der Waals surface area contributed by atoms with Crippen LogP contribution in [0.15, 0.2) is 23.1 Å². The van der Waals surface area contributed by atoms with Crippen molar-refractivity contribution in [3.8, 4) is 0 Å². The highest BCUT2D eigenvalue weighted by molar-refractivity contribution is 7.89. The van der Waals surface area contributed by atoms with Gasteiger partial charge < -0.3 is 10.2 Å². The van der Waals surface area contributed by atoms with Gasteiger partial charge in [0.2, 0.25) is 10.0 Å². The van der Waals surface area contributed by atoms with E-state index in [1.165, 1.54) is 31.4 Å². The van der Waals surface area contributed by atoms with Crippen LogP contribution in [0.2, 0.25) is 0 Å². The molecule has 1 fully saturated rings. The number of anilines is 1. The molecule has 0 spiro atoms. The van der Waals surface area contributed by atoms with Crippen molar-refractivity contribution in [3.05, 3.63) is 28.3 Å². The lowest BCUT2D eigenvalue weighted by Crippen LogP contribution is -3.06. The van der Waals surface area contributed by atoms with E-state index in [4.69, 9.17) is 0 Å². The predicted molar refractivity (Wildman–Crippen MR) is 106 cm³/mol. The number of nitrogens with one attached hydrogen (secondary N) is 3. The summed E-state index contributed by atoms with van der Waals surface area (Å²) in [5, 5.41) is 14.8. The molecule has 0 unspecified atom stereocenters. The molecule has 3 N–H and O–H groups in total. The van der Waals surface area contributed by atoms with Crippen LogP contribution in [-0.2, 0) is 10.0 Å². The van der Waals surface area contributed by atoms with Crippen LogP contribution in [0.5, 0.6) is 0 Å². The Kier molecular flexibility index (Phi) is 8.00. The summed E-state index contributed by atoms with van der Waals surface area (Å²) in [6.45, 7) is 0.906. The normalized spacial score (nSPS) is 16.7. The minimum Gasteiger partial charge on any atom is -0.377 e. The van der Waals surface area contributed by atoms with Crippen LogP contribution in [-0.4, -0.2) is 46.6 Å². The summed E-state index contributed by atoms with van der Waals surface area (Å²) in [6.07, 6.45) is 7.81. The smallest absolute Gasteiger partial charge is 0.293 e. The molecule has 0 radical (unpaired) electrons. The van der Waals surface area contributed by atoms with Gasteiger partial charge in [0.05, 0.1) is 37.0 Å². The molecule has 1 aromatic carbocycles. The number of nitro benzene ring substituents is 1. The third-order valence-electron chi connectivity index (χ3n) is 4.86. The maximum Gasteiger partial charge on any atom is 0.293 e. The van der Waals surface area contributed by atoms with E-state index in [2.05, 4.69) is 10.0 Å². The number of hydrogen-bond acceptors (Lipinski definition) is 5. The zero-order valence-corrected chi connectivity index (χ0v) is 17.0. The second-order valence-electron chi connectivity index (χ2n) is 7.48. The zero-order valence-electron chi connectivity index (χ0n) is 16.2. The van der Waals surface area contributed by atoms with E-state index in [1.54, 1.807) is 0 Å². The van der Waals surface area contributed by atoms with Crippen LogP contribution in [0.4, 0.5) is 11.4 Å². The van der Waals surface area contributed by atoms with Crippen molar-refractivity contribution >= 4 is 21.4 Å². The highest BCUT2D eigenvalue weighted by atomic mass is 32.2. The first-order valence-corrected chi connectivity index (χ1v) is 11.1. The summed E-state index contributed by atoms with van der Waals surface area (Å²) in [6, 6.07) is 4.29. The van der Waals surface area contributed by atoms with Gasteiger partial charge in [-0.15, -0.1) is 0 Å². The van der Waals surface area contributed by atoms with Crippen molar-refractivity contribution in [2.45, 2.75) is 55.9 Å². The van der Waals surface area contributed by atoms with Crippen LogP contribution in [0.25, 0.3) is 0 Å². The first-order valence-electron chi connectivity index (χ1n) is 9.63. The Morgan fingerprint density at radius 3 is 2.37 bits per heavy atom. The van der Waals surface area contributed by atoms with Gasteiger partial charge >= 0.3 is 0 Å². The van der Waals surface area contributed by atoms with E-state index in [-0.39, 0.29) is 23.2 Å². The number of nitro groups is 1. The van der Waals surface area contributed by atoms with E-state index in [9.17, 15) is 18.5 Å². The summed E-state index contributed by atoms with van der Waals surface area (Å²) in [5.41, 5.74) is 0.195. The number of likely N-dealkylation sites (N-methyl/N-ethyl adjacent to an activating group) is 1. The molecule has 9 heteroatoms. The maximum atomic E-state index is 12.4. The van der Waals surface area contributed by atoms with Gasteiger partial charge in [-0.1, -0.05) is 32.1 Å². The summed E-state index contributed by atoms with van der Waals surface area (Å²) in [7, 11) is 0.0833. The fourth-order valence-corrected chi connectivity index (χ4v) is 4.34. The van der Waals surface area contributed by atoms with Crippen LogP contribution in [0.3, 0.4) is 0 Å². The molecule has 27 heavy (non-hydrogen) atoms. The van der Waals surface area contributed by atoms with Crippen molar-refractivity contribution in [1.29, 1.82) is 0 Å². The molecular formula is C18H31N4O4S+. The van der Waals surface area contributed by atoms with Gasteiger partial charge in [-0.2, -0.15) is 0 Å². The lowest BCUT2D eigenvalue weighted by atomic mass is 9.96. The van der Waals surface area contributed by atoms with Gasteiger partial charge in [0.1, 0.15) is 5.69 Å². The number of nitrogens with zero attached hydrogens (tertiary/aromatic N) is 1. The lowest BCUT2D eigenvalue weighted by molar-refractivity contribution is -0.856. The zero-order chi connectivity index (χ0) is 19.9. The van der Waals surface area contributed by atoms with Crippen molar-refractivity contribution < 1.29 is 18.2 Å². The fraction of sp³-hybridized carbons (Fsp3) is 0.667. The molecule has 0 aromatic heterocycles. The number of quaternary nitrogens is 1. The van der Waals surface area contributed by atoms with E-state index >= 15 is 0 Å². The van der Waals surface area contributed by atoms with E-state index in [0.29, 0.717) is 12.2 Å². The van der Waals surface area contributed by atoms with Crippen molar-refractivity contribution in [3.63, 3.8) is 0 Å². The van der Waals surface area contributed by atoms with Crippen LogP contribution in [0.1, 0.15) is 44.9 Å². The Bertz CT molecular complexity index is 729. The first-order chi connectivity index (χ1) is 12.8. The van der Waals surface area contributed by atoms with E-state index in [1.807, 2.05) is 14.1 Å². The predicted octanol–water partition coefficient (Wildman–Crippen LogP) is 1.54. The molecule has 0 heterocycles. The van der Waals surface area contributed by atoms with Gasteiger partial charge in [0, 0.05) is 12.1 Å². The van der Waals surface area contributed by atoms with Gasteiger partial charge in [-0.05, 0) is 25.0 Å². The second kappa shape index (κ2) is 10.0. The molecule has 152 valence electrons. The Morgan fingerprint density at radius 2 is 1.78 bits per heavy atom. The SMILES string of the molecule is C[NH+](C)CCNS(=O)(=O)c1ccc(NC2CCCCCCC2)c([N+](=O)[O-])c1. The monoisotopic (exact) mass is 399 g/mol. The standard InChI is InChI=1S/C18H30N4O4S/c1-21(2)13-12-19-27(25,26)16-10-11-17(18(14-16)22(23)24)20-15-8-6-4-3-5-7-9-15/h10-11,14-15,19-20H,3-9,12-13H2,1-2H3/p+1. The van der Waals surface area contributed by atoms with Crippen LogP contribution in [0, 0.1) is 10.1 Å². The molecule has 0 atom stereocenters. The summed E-state index contributed by atoms with van der Waals surface area (Å²) < 4.78 is 27.3. The molecule has 8 nitrogen and oxygen atoms in total. The summed E-state index contributed by atoms with van der Waals surface area (Å²) in [4.78, 5) is 12.0. The molecule has 0 bridgehead atoms. The van der Waals surface area contributed by atoms with E-state index in [0.717, 1.165) is 36.6 Å².